The van der Waals surface area contributed by atoms with Crippen LogP contribution in [0.25, 0.3) is 11.0 Å². The van der Waals surface area contributed by atoms with Gasteiger partial charge in [-0.2, -0.15) is 13.2 Å². The standard InChI is InChI=1S/C11H12F3N2.BrH/c1-3-16-9-7-5-4-6-8(9)15(2)10(16)11(12,13)14;/h4-7H,3H2,1-2H3;1H/q+1;/p-1. The predicted octanol–water partition coefficient (Wildman–Crippen LogP) is -0.491. The number of rotatable bonds is 1. The highest BCUT2D eigenvalue weighted by molar-refractivity contribution is 5.72. The number of hydrogen-bond donors (Lipinski definition) is 0. The first kappa shape index (κ1) is 14.0. The fourth-order valence-electron chi connectivity index (χ4n) is 2.05. The van der Waals surface area contributed by atoms with Crippen molar-refractivity contribution in [2.24, 2.45) is 7.05 Å². The van der Waals surface area contributed by atoms with Crippen LogP contribution in [0.3, 0.4) is 0 Å². The Kier molecular flexibility index (Phi) is 3.86. The lowest BCUT2D eigenvalue weighted by Gasteiger charge is -2.03. The molecule has 0 aliphatic rings. The van der Waals surface area contributed by atoms with Crippen molar-refractivity contribution < 1.29 is 34.7 Å². The van der Waals surface area contributed by atoms with E-state index in [1.807, 2.05) is 0 Å². The Balaban J connectivity index is 0.00000144. The van der Waals surface area contributed by atoms with Crippen LogP contribution in [0.5, 0.6) is 0 Å². The summed E-state index contributed by atoms with van der Waals surface area (Å²) in [4.78, 5) is 0. The van der Waals surface area contributed by atoms with E-state index in [9.17, 15) is 13.2 Å². The van der Waals surface area contributed by atoms with Crippen molar-refractivity contribution in [1.82, 2.24) is 4.57 Å². The number of alkyl halides is 3. The van der Waals surface area contributed by atoms with Crippen LogP contribution in [0, 0.1) is 0 Å². The van der Waals surface area contributed by atoms with Gasteiger partial charge in [0.1, 0.15) is 0 Å². The number of aryl methyl sites for hydroxylation is 2. The molecule has 0 amide bonds. The first-order chi connectivity index (χ1) is 7.46. The van der Waals surface area contributed by atoms with E-state index in [1.165, 1.54) is 16.2 Å². The number of hydrogen-bond acceptors (Lipinski definition) is 0. The molecule has 0 saturated carbocycles. The SMILES string of the molecule is CCn1c(C(F)(F)F)[n+](C)c2ccccc21.[Br-]. The van der Waals surface area contributed by atoms with E-state index < -0.39 is 12.0 Å². The van der Waals surface area contributed by atoms with E-state index in [0.717, 1.165) is 0 Å². The number of imidazole rings is 1. The van der Waals surface area contributed by atoms with Gasteiger partial charge in [0.25, 0.3) is 0 Å². The molecular weight excluding hydrogens is 297 g/mol. The zero-order valence-electron chi connectivity index (χ0n) is 9.42. The molecule has 0 spiro atoms. The minimum atomic E-state index is -4.33. The number of benzene rings is 1. The van der Waals surface area contributed by atoms with Crippen LogP contribution >= 0.6 is 0 Å². The van der Waals surface area contributed by atoms with Crippen molar-refractivity contribution in [3.8, 4) is 0 Å². The molecule has 0 aliphatic heterocycles. The highest BCUT2D eigenvalue weighted by Crippen LogP contribution is 2.29. The van der Waals surface area contributed by atoms with Crippen molar-refractivity contribution in [3.63, 3.8) is 0 Å². The van der Waals surface area contributed by atoms with Gasteiger partial charge in [0.15, 0.2) is 11.0 Å². The van der Waals surface area contributed by atoms with Gasteiger partial charge < -0.3 is 17.0 Å². The summed E-state index contributed by atoms with van der Waals surface area (Å²) in [5.41, 5.74) is 1.21. The lowest BCUT2D eigenvalue weighted by atomic mass is 10.3. The molecule has 94 valence electrons. The van der Waals surface area contributed by atoms with Crippen LogP contribution in [0.1, 0.15) is 12.7 Å². The fourth-order valence-corrected chi connectivity index (χ4v) is 2.05. The van der Waals surface area contributed by atoms with Gasteiger partial charge in [0.05, 0.1) is 13.6 Å². The summed E-state index contributed by atoms with van der Waals surface area (Å²) in [6.45, 7) is 2.01. The maximum absolute atomic E-state index is 12.9. The summed E-state index contributed by atoms with van der Waals surface area (Å²) in [5.74, 6) is -0.615. The second-order valence-electron chi connectivity index (χ2n) is 3.61. The molecule has 0 fully saturated rings. The topological polar surface area (TPSA) is 8.81 Å². The Labute approximate surface area is 107 Å². The molecule has 0 aliphatic carbocycles. The second kappa shape index (κ2) is 4.68. The highest BCUT2D eigenvalue weighted by atomic mass is 79.9. The van der Waals surface area contributed by atoms with Crippen molar-refractivity contribution in [2.75, 3.05) is 0 Å². The fraction of sp³-hybridized carbons (Fsp3) is 0.364. The van der Waals surface area contributed by atoms with Crippen LogP contribution < -0.4 is 21.5 Å². The van der Waals surface area contributed by atoms with Gasteiger partial charge in [-0.15, -0.1) is 0 Å². The summed E-state index contributed by atoms with van der Waals surface area (Å²) in [7, 11) is 1.44. The van der Waals surface area contributed by atoms with Gasteiger partial charge in [-0.1, -0.05) is 12.1 Å². The molecule has 1 heterocycles. The molecule has 0 saturated heterocycles. The van der Waals surface area contributed by atoms with Gasteiger partial charge in [-0.05, 0) is 19.1 Å². The molecule has 2 aromatic rings. The van der Waals surface area contributed by atoms with Crippen molar-refractivity contribution in [3.05, 3.63) is 30.1 Å². The molecular formula is C11H12BrF3N2. The molecule has 2 nitrogen and oxygen atoms in total. The Morgan fingerprint density at radius 3 is 2.35 bits per heavy atom. The summed E-state index contributed by atoms with van der Waals surface area (Å²) in [6.07, 6.45) is -4.33. The normalized spacial score (nSPS) is 11.6. The average Bonchev–Trinajstić information content (AvgIpc) is 2.51. The molecule has 6 heteroatoms. The number of nitrogens with zero attached hydrogens (tertiary/aromatic N) is 2. The van der Waals surface area contributed by atoms with Crippen molar-refractivity contribution in [2.45, 2.75) is 19.6 Å². The number of fused-ring (bicyclic) bond motifs is 1. The third-order valence-corrected chi connectivity index (χ3v) is 2.68. The van der Waals surface area contributed by atoms with Crippen molar-refractivity contribution in [1.29, 1.82) is 0 Å². The van der Waals surface area contributed by atoms with Crippen LogP contribution in [-0.2, 0) is 19.8 Å². The summed E-state index contributed by atoms with van der Waals surface area (Å²) >= 11 is 0. The van der Waals surface area contributed by atoms with Gasteiger partial charge in [0.2, 0.25) is 0 Å². The molecule has 1 aromatic heterocycles. The largest absolute Gasteiger partial charge is 1.00 e. The zero-order valence-corrected chi connectivity index (χ0v) is 11.0. The minimum absolute atomic E-state index is 0. The number of aromatic nitrogens is 2. The monoisotopic (exact) mass is 308 g/mol. The van der Waals surface area contributed by atoms with Crippen LogP contribution in [0.15, 0.2) is 24.3 Å². The second-order valence-corrected chi connectivity index (χ2v) is 3.61. The molecule has 0 bridgehead atoms. The molecule has 2 rings (SSSR count). The highest BCUT2D eigenvalue weighted by Gasteiger charge is 2.45. The van der Waals surface area contributed by atoms with E-state index in [-0.39, 0.29) is 17.0 Å². The lowest BCUT2D eigenvalue weighted by molar-refractivity contribution is -0.667. The number of para-hydroxylation sites is 2. The Morgan fingerprint density at radius 1 is 1.24 bits per heavy atom. The minimum Gasteiger partial charge on any atom is -1.00 e. The third kappa shape index (κ3) is 2.18. The van der Waals surface area contributed by atoms with Crippen LogP contribution in [0.2, 0.25) is 0 Å². The first-order valence-corrected chi connectivity index (χ1v) is 5.01. The molecule has 0 unspecified atom stereocenters. The van der Waals surface area contributed by atoms with E-state index in [2.05, 4.69) is 0 Å². The van der Waals surface area contributed by atoms with Gasteiger partial charge >= 0.3 is 12.0 Å². The summed E-state index contributed by atoms with van der Waals surface area (Å²) in [5, 5.41) is 0. The lowest BCUT2D eigenvalue weighted by Crippen LogP contribution is -3.00. The summed E-state index contributed by atoms with van der Waals surface area (Å²) < 4.78 is 41.2. The van der Waals surface area contributed by atoms with E-state index in [0.29, 0.717) is 17.6 Å². The molecule has 0 atom stereocenters. The van der Waals surface area contributed by atoms with Gasteiger partial charge in [0, 0.05) is 0 Å². The molecule has 0 N–H and O–H groups in total. The molecule has 0 radical (unpaired) electrons. The maximum atomic E-state index is 12.9. The third-order valence-electron chi connectivity index (χ3n) is 2.68. The first-order valence-electron chi connectivity index (χ1n) is 5.01. The van der Waals surface area contributed by atoms with E-state index >= 15 is 0 Å². The van der Waals surface area contributed by atoms with Crippen LogP contribution in [-0.4, -0.2) is 4.57 Å². The molecule has 17 heavy (non-hydrogen) atoms. The van der Waals surface area contributed by atoms with Gasteiger partial charge in [-0.3, -0.25) is 0 Å². The predicted molar refractivity (Wildman–Crippen MR) is 53.8 cm³/mol. The van der Waals surface area contributed by atoms with E-state index in [4.69, 9.17) is 0 Å². The van der Waals surface area contributed by atoms with E-state index in [1.54, 1.807) is 31.2 Å². The smallest absolute Gasteiger partial charge is 0.495 e. The maximum Gasteiger partial charge on any atom is 0.495 e. The van der Waals surface area contributed by atoms with Gasteiger partial charge in [-0.25, -0.2) is 9.13 Å². The van der Waals surface area contributed by atoms with Crippen LogP contribution in [0.4, 0.5) is 13.2 Å². The Hall–Kier alpha value is -1.04. The van der Waals surface area contributed by atoms with Crippen molar-refractivity contribution >= 4 is 11.0 Å². The molecule has 1 aromatic carbocycles. The number of halogens is 4. The quantitative estimate of drug-likeness (QED) is 0.629. The average molecular weight is 309 g/mol. The Bertz CT molecular complexity index is 531. The zero-order chi connectivity index (χ0) is 11.9. The Morgan fingerprint density at radius 2 is 1.82 bits per heavy atom. The summed E-state index contributed by atoms with van der Waals surface area (Å²) in [6, 6.07) is 6.88.